The molecule has 0 radical (unpaired) electrons. The van der Waals surface area contributed by atoms with E-state index in [9.17, 15) is 9.59 Å². The summed E-state index contributed by atoms with van der Waals surface area (Å²) in [6, 6.07) is 4.88. The summed E-state index contributed by atoms with van der Waals surface area (Å²) in [4.78, 5) is 22.5. The summed E-state index contributed by atoms with van der Waals surface area (Å²) in [7, 11) is 0. The maximum Gasteiger partial charge on any atom is 0.337 e. The van der Waals surface area contributed by atoms with Crippen molar-refractivity contribution in [3.63, 3.8) is 0 Å². The molecule has 1 aromatic carbocycles. The van der Waals surface area contributed by atoms with Crippen molar-refractivity contribution in [2.45, 2.75) is 20.8 Å². The van der Waals surface area contributed by atoms with E-state index < -0.39 is 5.97 Å². The number of benzene rings is 1. The minimum absolute atomic E-state index is 0.0977. The monoisotopic (exact) mass is 233 g/mol. The van der Waals surface area contributed by atoms with Crippen molar-refractivity contribution in [3.05, 3.63) is 41.0 Å². The van der Waals surface area contributed by atoms with Crippen LogP contribution in [0.4, 0.5) is 5.69 Å². The van der Waals surface area contributed by atoms with E-state index in [0.717, 1.165) is 11.1 Å². The van der Waals surface area contributed by atoms with Crippen LogP contribution in [0.25, 0.3) is 0 Å². The van der Waals surface area contributed by atoms with Crippen LogP contribution in [0.3, 0.4) is 0 Å². The summed E-state index contributed by atoms with van der Waals surface area (Å²) in [5, 5.41) is 11.6. The van der Waals surface area contributed by atoms with E-state index in [0.29, 0.717) is 5.69 Å². The second kappa shape index (κ2) is 5.30. The standard InChI is InChI=1S/C13H15NO3/c1-8(2)6-12(15)14-11-5-4-9(3)7-10(11)13(16)17/h4-7H,1-3H3,(H,14,15)(H,16,17). The number of hydrogen-bond donors (Lipinski definition) is 2. The van der Waals surface area contributed by atoms with Gasteiger partial charge in [0.15, 0.2) is 0 Å². The third kappa shape index (κ3) is 3.75. The van der Waals surface area contributed by atoms with E-state index in [-0.39, 0.29) is 11.5 Å². The van der Waals surface area contributed by atoms with Crippen LogP contribution in [-0.4, -0.2) is 17.0 Å². The molecule has 0 spiro atoms. The molecule has 4 heteroatoms. The SMILES string of the molecule is CC(C)=CC(=O)Nc1ccc(C)cc1C(=O)O. The fraction of sp³-hybridized carbons (Fsp3) is 0.231. The molecule has 2 N–H and O–H groups in total. The van der Waals surface area contributed by atoms with Crippen LogP contribution in [0.2, 0.25) is 0 Å². The first-order valence-corrected chi connectivity index (χ1v) is 5.20. The Balaban J connectivity index is 3.03. The van der Waals surface area contributed by atoms with Crippen molar-refractivity contribution in [1.29, 1.82) is 0 Å². The number of carboxylic acid groups (broad SMARTS) is 1. The molecule has 4 nitrogen and oxygen atoms in total. The van der Waals surface area contributed by atoms with Gasteiger partial charge in [-0.1, -0.05) is 17.2 Å². The maximum absolute atomic E-state index is 11.5. The van der Waals surface area contributed by atoms with Gasteiger partial charge < -0.3 is 10.4 Å². The van der Waals surface area contributed by atoms with Gasteiger partial charge in [0.1, 0.15) is 0 Å². The zero-order valence-electron chi connectivity index (χ0n) is 10.1. The predicted octanol–water partition coefficient (Wildman–Crippen LogP) is 2.60. The fourth-order valence-corrected chi connectivity index (χ4v) is 1.38. The number of rotatable bonds is 3. The number of aryl methyl sites for hydroxylation is 1. The molecule has 1 aromatic rings. The highest BCUT2D eigenvalue weighted by Gasteiger charge is 2.11. The van der Waals surface area contributed by atoms with Crippen molar-refractivity contribution < 1.29 is 14.7 Å². The molecule has 0 saturated carbocycles. The lowest BCUT2D eigenvalue weighted by atomic mass is 10.1. The zero-order valence-corrected chi connectivity index (χ0v) is 10.1. The molecule has 0 heterocycles. The van der Waals surface area contributed by atoms with E-state index in [4.69, 9.17) is 5.11 Å². The van der Waals surface area contributed by atoms with Crippen molar-refractivity contribution in [3.8, 4) is 0 Å². The minimum Gasteiger partial charge on any atom is -0.478 e. The molecular weight excluding hydrogens is 218 g/mol. The number of aromatic carboxylic acids is 1. The highest BCUT2D eigenvalue weighted by molar-refractivity contribution is 6.04. The normalized spacial score (nSPS) is 9.59. The number of amides is 1. The van der Waals surface area contributed by atoms with Crippen molar-refractivity contribution in [2.24, 2.45) is 0 Å². The van der Waals surface area contributed by atoms with Crippen molar-refractivity contribution >= 4 is 17.6 Å². The van der Waals surface area contributed by atoms with Crippen LogP contribution < -0.4 is 5.32 Å². The van der Waals surface area contributed by atoms with Crippen LogP contribution in [0, 0.1) is 6.92 Å². The summed E-state index contributed by atoms with van der Waals surface area (Å²) < 4.78 is 0. The lowest BCUT2D eigenvalue weighted by Gasteiger charge is -2.07. The molecule has 0 atom stereocenters. The Labute approximate surface area is 100.0 Å². The van der Waals surface area contributed by atoms with E-state index in [2.05, 4.69) is 5.32 Å². The van der Waals surface area contributed by atoms with Gasteiger partial charge in [-0.25, -0.2) is 4.79 Å². The van der Waals surface area contributed by atoms with Crippen LogP contribution in [0.15, 0.2) is 29.8 Å². The third-order valence-corrected chi connectivity index (χ3v) is 2.08. The molecule has 1 amide bonds. The Morgan fingerprint density at radius 2 is 1.94 bits per heavy atom. The number of allylic oxidation sites excluding steroid dienone is 1. The van der Waals surface area contributed by atoms with Gasteiger partial charge in [-0.05, 0) is 32.9 Å². The largest absolute Gasteiger partial charge is 0.478 e. The summed E-state index contributed by atoms with van der Waals surface area (Å²) in [5.74, 6) is -1.38. The average molecular weight is 233 g/mol. The second-order valence-corrected chi connectivity index (χ2v) is 4.07. The molecular formula is C13H15NO3. The molecule has 0 fully saturated rings. The smallest absolute Gasteiger partial charge is 0.337 e. The molecule has 0 saturated heterocycles. The van der Waals surface area contributed by atoms with Gasteiger partial charge in [-0.2, -0.15) is 0 Å². The lowest BCUT2D eigenvalue weighted by Crippen LogP contribution is -2.12. The highest BCUT2D eigenvalue weighted by Crippen LogP contribution is 2.17. The molecule has 0 unspecified atom stereocenters. The number of anilines is 1. The molecule has 0 aliphatic heterocycles. The van der Waals surface area contributed by atoms with E-state index in [1.165, 1.54) is 12.1 Å². The van der Waals surface area contributed by atoms with Crippen molar-refractivity contribution in [2.75, 3.05) is 5.32 Å². The zero-order chi connectivity index (χ0) is 13.0. The molecule has 17 heavy (non-hydrogen) atoms. The Kier molecular flexibility index (Phi) is 4.04. The topological polar surface area (TPSA) is 66.4 Å². The second-order valence-electron chi connectivity index (χ2n) is 4.07. The summed E-state index contributed by atoms with van der Waals surface area (Å²) in [5.41, 5.74) is 2.10. The van der Waals surface area contributed by atoms with Gasteiger partial charge in [0.05, 0.1) is 11.3 Å². The molecule has 0 aliphatic carbocycles. The maximum atomic E-state index is 11.5. The predicted molar refractivity (Wildman–Crippen MR) is 66.2 cm³/mol. The molecule has 0 aliphatic rings. The number of carbonyl (C=O) groups is 2. The average Bonchev–Trinajstić information content (AvgIpc) is 2.19. The van der Waals surface area contributed by atoms with Crippen LogP contribution in [0.1, 0.15) is 29.8 Å². The molecule has 0 bridgehead atoms. The Morgan fingerprint density at radius 1 is 1.29 bits per heavy atom. The van der Waals surface area contributed by atoms with Gasteiger partial charge in [-0.3, -0.25) is 4.79 Å². The lowest BCUT2D eigenvalue weighted by molar-refractivity contribution is -0.111. The first-order chi connectivity index (χ1) is 7.90. The van der Waals surface area contributed by atoms with Gasteiger partial charge in [0.25, 0.3) is 0 Å². The number of carboxylic acids is 1. The van der Waals surface area contributed by atoms with Gasteiger partial charge >= 0.3 is 5.97 Å². The van der Waals surface area contributed by atoms with E-state index in [1.54, 1.807) is 32.9 Å². The Hall–Kier alpha value is -2.10. The van der Waals surface area contributed by atoms with Crippen LogP contribution in [-0.2, 0) is 4.79 Å². The quantitative estimate of drug-likeness (QED) is 0.788. The van der Waals surface area contributed by atoms with E-state index in [1.807, 2.05) is 0 Å². The Bertz CT molecular complexity index is 485. The highest BCUT2D eigenvalue weighted by atomic mass is 16.4. The summed E-state index contributed by atoms with van der Waals surface area (Å²) >= 11 is 0. The summed E-state index contributed by atoms with van der Waals surface area (Å²) in [6.45, 7) is 5.40. The third-order valence-electron chi connectivity index (χ3n) is 2.08. The number of hydrogen-bond acceptors (Lipinski definition) is 2. The summed E-state index contributed by atoms with van der Waals surface area (Å²) in [6.07, 6.45) is 1.42. The van der Waals surface area contributed by atoms with Gasteiger partial charge in [-0.15, -0.1) is 0 Å². The van der Waals surface area contributed by atoms with Crippen molar-refractivity contribution in [1.82, 2.24) is 0 Å². The van der Waals surface area contributed by atoms with Gasteiger partial charge in [0.2, 0.25) is 5.91 Å². The minimum atomic E-state index is -1.05. The number of nitrogens with one attached hydrogen (secondary N) is 1. The van der Waals surface area contributed by atoms with Crippen LogP contribution >= 0.6 is 0 Å². The first kappa shape index (κ1) is 13.0. The van der Waals surface area contributed by atoms with Gasteiger partial charge in [0, 0.05) is 6.08 Å². The molecule has 90 valence electrons. The van der Waals surface area contributed by atoms with Crippen LogP contribution in [0.5, 0.6) is 0 Å². The number of carbonyl (C=O) groups excluding carboxylic acids is 1. The molecule has 1 rings (SSSR count). The first-order valence-electron chi connectivity index (χ1n) is 5.20. The molecule has 0 aromatic heterocycles. The van der Waals surface area contributed by atoms with E-state index >= 15 is 0 Å². The Morgan fingerprint density at radius 3 is 2.47 bits per heavy atom. The fourth-order valence-electron chi connectivity index (χ4n) is 1.38.